The van der Waals surface area contributed by atoms with Crippen LogP contribution in [0.4, 0.5) is 21.3 Å². The SMILES string of the molecule is Nc1nnc(CCNc2ncc(F)c(N3CCOCC3)n2)s1. The Bertz CT molecular complexity index is 632. The van der Waals surface area contributed by atoms with Gasteiger partial charge in [-0.1, -0.05) is 11.3 Å². The summed E-state index contributed by atoms with van der Waals surface area (Å²) in [5, 5.41) is 12.0. The number of hydrogen-bond donors (Lipinski definition) is 2. The Morgan fingerprint density at radius 3 is 2.91 bits per heavy atom. The second kappa shape index (κ2) is 6.79. The third-order valence-corrected chi connectivity index (χ3v) is 3.95. The van der Waals surface area contributed by atoms with Gasteiger partial charge in [-0.3, -0.25) is 0 Å². The van der Waals surface area contributed by atoms with E-state index < -0.39 is 5.82 Å². The van der Waals surface area contributed by atoms with Crippen LogP contribution < -0.4 is 16.0 Å². The Morgan fingerprint density at radius 1 is 1.36 bits per heavy atom. The number of rotatable bonds is 5. The van der Waals surface area contributed by atoms with Gasteiger partial charge in [0.15, 0.2) is 11.6 Å². The molecule has 1 saturated heterocycles. The van der Waals surface area contributed by atoms with Crippen LogP contribution in [-0.2, 0) is 11.2 Å². The van der Waals surface area contributed by atoms with Crippen molar-refractivity contribution in [3.05, 3.63) is 17.0 Å². The van der Waals surface area contributed by atoms with E-state index in [1.165, 1.54) is 17.5 Å². The Morgan fingerprint density at radius 2 is 2.18 bits per heavy atom. The lowest BCUT2D eigenvalue weighted by Crippen LogP contribution is -2.37. The van der Waals surface area contributed by atoms with E-state index in [-0.39, 0.29) is 0 Å². The smallest absolute Gasteiger partial charge is 0.224 e. The highest BCUT2D eigenvalue weighted by Gasteiger charge is 2.17. The lowest BCUT2D eigenvalue weighted by molar-refractivity contribution is 0.122. The molecule has 0 radical (unpaired) electrons. The number of nitrogen functional groups attached to an aromatic ring is 1. The summed E-state index contributed by atoms with van der Waals surface area (Å²) in [5.41, 5.74) is 5.52. The Balaban J connectivity index is 1.61. The largest absolute Gasteiger partial charge is 0.378 e. The average Bonchev–Trinajstić information content (AvgIpc) is 2.95. The van der Waals surface area contributed by atoms with E-state index >= 15 is 0 Å². The van der Waals surface area contributed by atoms with Gasteiger partial charge in [0.05, 0.1) is 19.4 Å². The van der Waals surface area contributed by atoms with Crippen LogP contribution in [0.15, 0.2) is 6.20 Å². The maximum Gasteiger partial charge on any atom is 0.224 e. The standard InChI is InChI=1S/C12H16FN7OS/c13-8-7-16-12(15-2-1-9-18-19-11(14)22-9)17-10(8)20-3-5-21-6-4-20/h7H,1-6H2,(H2,14,19)(H,15,16,17). The molecule has 0 unspecified atom stereocenters. The van der Waals surface area contributed by atoms with Crippen LogP contribution in [0.3, 0.4) is 0 Å². The minimum atomic E-state index is -0.427. The maximum atomic E-state index is 13.9. The monoisotopic (exact) mass is 325 g/mol. The number of nitrogens with zero attached hydrogens (tertiary/aromatic N) is 5. The Labute approximate surface area is 130 Å². The average molecular weight is 325 g/mol. The van der Waals surface area contributed by atoms with Gasteiger partial charge in [-0.25, -0.2) is 9.37 Å². The quantitative estimate of drug-likeness (QED) is 0.821. The summed E-state index contributed by atoms with van der Waals surface area (Å²) < 4.78 is 19.1. The molecule has 3 heterocycles. The van der Waals surface area contributed by atoms with E-state index in [4.69, 9.17) is 10.5 Å². The van der Waals surface area contributed by atoms with E-state index in [1.807, 2.05) is 4.90 Å². The normalized spacial score (nSPS) is 15.0. The number of nitrogens with one attached hydrogen (secondary N) is 1. The van der Waals surface area contributed by atoms with Crippen LogP contribution >= 0.6 is 11.3 Å². The van der Waals surface area contributed by atoms with Crippen LogP contribution in [0.1, 0.15) is 5.01 Å². The first-order valence-corrected chi connectivity index (χ1v) is 7.71. The molecule has 0 aromatic carbocycles. The third-order valence-electron chi connectivity index (χ3n) is 3.14. The number of ether oxygens (including phenoxy) is 1. The van der Waals surface area contributed by atoms with E-state index in [0.29, 0.717) is 56.2 Å². The van der Waals surface area contributed by atoms with Gasteiger partial charge in [-0.15, -0.1) is 10.2 Å². The molecule has 3 N–H and O–H groups in total. The van der Waals surface area contributed by atoms with E-state index in [0.717, 1.165) is 5.01 Å². The minimum Gasteiger partial charge on any atom is -0.378 e. The lowest BCUT2D eigenvalue weighted by Gasteiger charge is -2.28. The van der Waals surface area contributed by atoms with Crippen molar-refractivity contribution < 1.29 is 9.13 Å². The fourth-order valence-corrected chi connectivity index (χ4v) is 2.70. The molecule has 0 amide bonds. The molecule has 8 nitrogen and oxygen atoms in total. The van der Waals surface area contributed by atoms with Crippen LogP contribution in [0.25, 0.3) is 0 Å². The van der Waals surface area contributed by atoms with Crippen LogP contribution in [0, 0.1) is 5.82 Å². The number of halogens is 1. The zero-order valence-corrected chi connectivity index (χ0v) is 12.6. The van der Waals surface area contributed by atoms with Crippen molar-refractivity contribution in [3.63, 3.8) is 0 Å². The van der Waals surface area contributed by atoms with Crippen molar-refractivity contribution in [2.45, 2.75) is 6.42 Å². The molecule has 10 heteroatoms. The topological polar surface area (TPSA) is 102 Å². The maximum absolute atomic E-state index is 13.9. The summed E-state index contributed by atoms with van der Waals surface area (Å²) in [4.78, 5) is 10.1. The van der Waals surface area contributed by atoms with Crippen molar-refractivity contribution in [1.82, 2.24) is 20.2 Å². The molecule has 0 bridgehead atoms. The lowest BCUT2D eigenvalue weighted by atomic mass is 10.4. The molecule has 2 aromatic heterocycles. The van der Waals surface area contributed by atoms with Crippen molar-refractivity contribution in [2.75, 3.05) is 48.8 Å². The summed E-state index contributed by atoms with van der Waals surface area (Å²) in [6.45, 7) is 2.97. The molecule has 0 aliphatic carbocycles. The second-order valence-electron chi connectivity index (χ2n) is 4.68. The van der Waals surface area contributed by atoms with Gasteiger partial charge < -0.3 is 20.7 Å². The fraction of sp³-hybridized carbons (Fsp3) is 0.500. The molecule has 2 aromatic rings. The zero-order valence-electron chi connectivity index (χ0n) is 11.8. The van der Waals surface area contributed by atoms with Crippen LogP contribution in [0.2, 0.25) is 0 Å². The summed E-state index contributed by atoms with van der Waals surface area (Å²) in [5.74, 6) is 0.269. The van der Waals surface area contributed by atoms with Crippen LogP contribution in [-0.4, -0.2) is 53.0 Å². The van der Waals surface area contributed by atoms with Gasteiger partial charge in [0.1, 0.15) is 5.01 Å². The zero-order chi connectivity index (χ0) is 15.4. The Hall–Kier alpha value is -2.07. The molecular formula is C12H16FN7OS. The van der Waals surface area contributed by atoms with Gasteiger partial charge >= 0.3 is 0 Å². The molecule has 1 aliphatic rings. The predicted molar refractivity (Wildman–Crippen MR) is 81.5 cm³/mol. The second-order valence-corrected chi connectivity index (χ2v) is 5.77. The van der Waals surface area contributed by atoms with Crippen molar-refractivity contribution >= 4 is 28.2 Å². The van der Waals surface area contributed by atoms with Crippen LogP contribution in [0.5, 0.6) is 0 Å². The van der Waals surface area contributed by atoms with Gasteiger partial charge in [-0.2, -0.15) is 4.98 Å². The van der Waals surface area contributed by atoms with Crippen molar-refractivity contribution in [3.8, 4) is 0 Å². The van der Waals surface area contributed by atoms with E-state index in [2.05, 4.69) is 25.5 Å². The van der Waals surface area contributed by atoms with E-state index in [9.17, 15) is 4.39 Å². The van der Waals surface area contributed by atoms with Gasteiger partial charge in [0.2, 0.25) is 11.1 Å². The number of aromatic nitrogens is 4. The number of nitrogens with two attached hydrogens (primary N) is 1. The summed E-state index contributed by atoms with van der Waals surface area (Å²) >= 11 is 1.34. The molecule has 1 fully saturated rings. The van der Waals surface area contributed by atoms with Gasteiger partial charge in [0.25, 0.3) is 0 Å². The first-order chi connectivity index (χ1) is 10.7. The molecule has 22 heavy (non-hydrogen) atoms. The third kappa shape index (κ3) is 3.57. The fourth-order valence-electron chi connectivity index (χ4n) is 2.09. The summed E-state index contributed by atoms with van der Waals surface area (Å²) in [6.07, 6.45) is 1.84. The minimum absolute atomic E-state index is 0.306. The first-order valence-electron chi connectivity index (χ1n) is 6.89. The first kappa shape index (κ1) is 14.9. The molecule has 3 rings (SSSR count). The summed E-state index contributed by atoms with van der Waals surface area (Å²) in [7, 11) is 0. The van der Waals surface area contributed by atoms with E-state index in [1.54, 1.807) is 0 Å². The molecule has 0 saturated carbocycles. The molecule has 1 aliphatic heterocycles. The summed E-state index contributed by atoms with van der Waals surface area (Å²) in [6, 6.07) is 0. The molecule has 0 atom stereocenters. The predicted octanol–water partition coefficient (Wildman–Crippen LogP) is 0.541. The number of morpholine rings is 1. The van der Waals surface area contributed by atoms with Gasteiger partial charge in [0, 0.05) is 26.1 Å². The van der Waals surface area contributed by atoms with Crippen molar-refractivity contribution in [2.24, 2.45) is 0 Å². The number of anilines is 3. The number of hydrogen-bond acceptors (Lipinski definition) is 9. The highest BCUT2D eigenvalue weighted by Crippen LogP contribution is 2.18. The van der Waals surface area contributed by atoms with Gasteiger partial charge in [-0.05, 0) is 0 Å². The van der Waals surface area contributed by atoms with Crippen molar-refractivity contribution in [1.29, 1.82) is 0 Å². The molecular weight excluding hydrogens is 309 g/mol. The Kier molecular flexibility index (Phi) is 4.59. The highest BCUT2D eigenvalue weighted by molar-refractivity contribution is 7.15. The molecule has 118 valence electrons. The molecule has 0 spiro atoms. The highest BCUT2D eigenvalue weighted by atomic mass is 32.1.